The fourth-order valence-corrected chi connectivity index (χ4v) is 2.73. The van der Waals surface area contributed by atoms with Crippen molar-refractivity contribution in [2.45, 2.75) is 25.9 Å². The van der Waals surface area contributed by atoms with Crippen molar-refractivity contribution in [2.75, 3.05) is 30.8 Å². The number of alkyl halides is 3. The minimum Gasteiger partial charge on any atom is -0.325 e. The second-order valence-corrected chi connectivity index (χ2v) is 7.09. The number of rotatable bonds is 7. The number of anilines is 2. The Bertz CT molecular complexity index is 849. The van der Waals surface area contributed by atoms with E-state index in [9.17, 15) is 22.8 Å². The maximum absolute atomic E-state index is 13.0. The minimum absolute atomic E-state index is 0.0831. The standard InChI is InChI=1S/C21H24F3N3O2/c1-14(2)15-8-10-16(11-9-15)25-19(28)12-27(3)13-20(29)26-18-7-5-4-6-17(18)21(22,23)24/h4-11,14H,12-13H2,1-3H3,(H,25,28)(H,26,29). The zero-order valence-corrected chi connectivity index (χ0v) is 16.5. The van der Waals surface area contributed by atoms with Gasteiger partial charge >= 0.3 is 6.18 Å². The van der Waals surface area contributed by atoms with Crippen LogP contribution in [0.3, 0.4) is 0 Å². The van der Waals surface area contributed by atoms with Gasteiger partial charge in [0.15, 0.2) is 0 Å². The van der Waals surface area contributed by atoms with Gasteiger partial charge in [-0.1, -0.05) is 38.1 Å². The molecule has 0 bridgehead atoms. The number of carbonyl (C=O) groups is 2. The summed E-state index contributed by atoms with van der Waals surface area (Å²) < 4.78 is 39.0. The van der Waals surface area contributed by atoms with Gasteiger partial charge < -0.3 is 10.6 Å². The summed E-state index contributed by atoms with van der Waals surface area (Å²) in [7, 11) is 1.54. The Kier molecular flexibility index (Phi) is 7.39. The Balaban J connectivity index is 1.88. The van der Waals surface area contributed by atoms with Gasteiger partial charge in [-0.05, 0) is 42.8 Å². The fraction of sp³-hybridized carbons (Fsp3) is 0.333. The lowest BCUT2D eigenvalue weighted by atomic mass is 10.0. The van der Waals surface area contributed by atoms with E-state index in [1.165, 1.54) is 30.1 Å². The first kappa shape index (κ1) is 22.4. The van der Waals surface area contributed by atoms with Crippen LogP contribution in [-0.2, 0) is 15.8 Å². The predicted octanol–water partition coefficient (Wildman–Crippen LogP) is 4.34. The third kappa shape index (κ3) is 6.90. The topological polar surface area (TPSA) is 61.4 Å². The highest BCUT2D eigenvalue weighted by molar-refractivity contribution is 5.95. The molecule has 2 N–H and O–H groups in total. The van der Waals surface area contributed by atoms with Crippen molar-refractivity contribution in [1.82, 2.24) is 4.90 Å². The Morgan fingerprint density at radius 1 is 0.931 bits per heavy atom. The molecule has 2 rings (SSSR count). The normalized spacial score (nSPS) is 11.6. The van der Waals surface area contributed by atoms with Crippen LogP contribution in [0.2, 0.25) is 0 Å². The van der Waals surface area contributed by atoms with Crippen molar-refractivity contribution < 1.29 is 22.8 Å². The van der Waals surface area contributed by atoms with Crippen molar-refractivity contribution in [2.24, 2.45) is 0 Å². The molecule has 5 nitrogen and oxygen atoms in total. The van der Waals surface area contributed by atoms with Gasteiger partial charge in [-0.25, -0.2) is 0 Å². The zero-order chi connectivity index (χ0) is 21.6. The highest BCUT2D eigenvalue weighted by atomic mass is 19.4. The second kappa shape index (κ2) is 9.56. The van der Waals surface area contributed by atoms with Gasteiger partial charge in [0.1, 0.15) is 0 Å². The fourth-order valence-electron chi connectivity index (χ4n) is 2.73. The quantitative estimate of drug-likeness (QED) is 0.718. The summed E-state index contributed by atoms with van der Waals surface area (Å²) in [5, 5.41) is 4.99. The van der Waals surface area contributed by atoms with E-state index in [0.29, 0.717) is 11.6 Å². The Labute approximate surface area is 167 Å². The van der Waals surface area contributed by atoms with E-state index < -0.39 is 17.6 Å². The van der Waals surface area contributed by atoms with Crippen LogP contribution in [0, 0.1) is 0 Å². The number of carbonyl (C=O) groups excluding carboxylic acids is 2. The Morgan fingerprint density at radius 3 is 2.03 bits per heavy atom. The lowest BCUT2D eigenvalue weighted by molar-refractivity contribution is -0.137. The zero-order valence-electron chi connectivity index (χ0n) is 16.5. The van der Waals surface area contributed by atoms with E-state index in [1.54, 1.807) is 12.1 Å². The van der Waals surface area contributed by atoms with Crippen LogP contribution in [0.15, 0.2) is 48.5 Å². The SMILES string of the molecule is CC(C)c1ccc(NC(=O)CN(C)CC(=O)Nc2ccccc2C(F)(F)F)cc1. The average molecular weight is 407 g/mol. The molecule has 8 heteroatoms. The van der Waals surface area contributed by atoms with Crippen molar-refractivity contribution in [3.63, 3.8) is 0 Å². The van der Waals surface area contributed by atoms with E-state index in [0.717, 1.165) is 11.6 Å². The molecule has 2 amide bonds. The molecular weight excluding hydrogens is 383 g/mol. The van der Waals surface area contributed by atoms with Gasteiger partial charge in [-0.2, -0.15) is 13.2 Å². The van der Waals surface area contributed by atoms with Gasteiger partial charge in [0, 0.05) is 5.69 Å². The molecule has 0 fully saturated rings. The van der Waals surface area contributed by atoms with E-state index >= 15 is 0 Å². The molecule has 2 aromatic rings. The second-order valence-electron chi connectivity index (χ2n) is 7.09. The first-order valence-electron chi connectivity index (χ1n) is 9.10. The number of halogens is 3. The monoisotopic (exact) mass is 407 g/mol. The summed E-state index contributed by atoms with van der Waals surface area (Å²) in [6.45, 7) is 3.83. The molecule has 0 aromatic heterocycles. The van der Waals surface area contributed by atoms with Crippen molar-refractivity contribution in [3.05, 3.63) is 59.7 Å². The van der Waals surface area contributed by atoms with Crippen LogP contribution in [-0.4, -0.2) is 36.9 Å². The molecule has 0 radical (unpaired) electrons. The number of para-hydroxylation sites is 1. The van der Waals surface area contributed by atoms with Gasteiger partial charge in [0.2, 0.25) is 11.8 Å². The number of likely N-dealkylation sites (N-methyl/N-ethyl adjacent to an activating group) is 1. The summed E-state index contributed by atoms with van der Waals surface area (Å²) in [6.07, 6.45) is -4.57. The van der Waals surface area contributed by atoms with Gasteiger partial charge in [-0.15, -0.1) is 0 Å². The third-order valence-electron chi connectivity index (χ3n) is 4.19. The first-order valence-corrected chi connectivity index (χ1v) is 9.10. The van der Waals surface area contributed by atoms with Crippen molar-refractivity contribution >= 4 is 23.2 Å². The number of hydrogen-bond donors (Lipinski definition) is 2. The largest absolute Gasteiger partial charge is 0.418 e. The van der Waals surface area contributed by atoms with Crippen LogP contribution in [0.5, 0.6) is 0 Å². The summed E-state index contributed by atoms with van der Waals surface area (Å²) in [6, 6.07) is 12.2. The number of nitrogens with zero attached hydrogens (tertiary/aromatic N) is 1. The molecule has 0 aliphatic heterocycles. The molecule has 0 heterocycles. The highest BCUT2D eigenvalue weighted by Gasteiger charge is 2.33. The number of benzene rings is 2. The summed E-state index contributed by atoms with van der Waals surface area (Å²) in [4.78, 5) is 25.6. The van der Waals surface area contributed by atoms with Crippen molar-refractivity contribution in [3.8, 4) is 0 Å². The van der Waals surface area contributed by atoms with Crippen LogP contribution in [0.1, 0.15) is 30.9 Å². The first-order chi connectivity index (χ1) is 13.6. The Hall–Kier alpha value is -2.87. The predicted molar refractivity (Wildman–Crippen MR) is 107 cm³/mol. The molecule has 0 aliphatic carbocycles. The maximum atomic E-state index is 13.0. The maximum Gasteiger partial charge on any atom is 0.418 e. The van der Waals surface area contributed by atoms with Crippen LogP contribution < -0.4 is 10.6 Å². The molecule has 0 saturated carbocycles. The van der Waals surface area contributed by atoms with Gasteiger partial charge in [0.05, 0.1) is 24.3 Å². The third-order valence-corrected chi connectivity index (χ3v) is 4.19. The molecule has 2 aromatic carbocycles. The molecular formula is C21H24F3N3O2. The number of amides is 2. The van der Waals surface area contributed by atoms with Crippen LogP contribution >= 0.6 is 0 Å². The summed E-state index contributed by atoms with van der Waals surface area (Å²) >= 11 is 0. The highest BCUT2D eigenvalue weighted by Crippen LogP contribution is 2.34. The van der Waals surface area contributed by atoms with E-state index in [-0.39, 0.29) is 24.7 Å². The minimum atomic E-state index is -4.57. The lowest BCUT2D eigenvalue weighted by Crippen LogP contribution is -2.36. The molecule has 29 heavy (non-hydrogen) atoms. The van der Waals surface area contributed by atoms with Crippen LogP contribution in [0.25, 0.3) is 0 Å². The number of hydrogen-bond acceptors (Lipinski definition) is 3. The molecule has 0 saturated heterocycles. The molecule has 0 spiro atoms. The summed E-state index contributed by atoms with van der Waals surface area (Å²) in [5.74, 6) is -0.585. The molecule has 0 atom stereocenters. The smallest absolute Gasteiger partial charge is 0.325 e. The average Bonchev–Trinajstić information content (AvgIpc) is 2.61. The van der Waals surface area contributed by atoms with Crippen LogP contribution in [0.4, 0.5) is 24.5 Å². The van der Waals surface area contributed by atoms with E-state index in [1.807, 2.05) is 12.1 Å². The Morgan fingerprint density at radius 2 is 1.48 bits per heavy atom. The van der Waals surface area contributed by atoms with E-state index in [2.05, 4.69) is 24.5 Å². The molecule has 0 unspecified atom stereocenters. The molecule has 0 aliphatic rings. The van der Waals surface area contributed by atoms with E-state index in [4.69, 9.17) is 0 Å². The summed E-state index contributed by atoms with van der Waals surface area (Å²) in [5.41, 5.74) is 0.555. The molecule has 156 valence electrons. The van der Waals surface area contributed by atoms with Crippen molar-refractivity contribution in [1.29, 1.82) is 0 Å². The van der Waals surface area contributed by atoms with Gasteiger partial charge in [-0.3, -0.25) is 14.5 Å². The lowest BCUT2D eigenvalue weighted by Gasteiger charge is -2.18. The number of nitrogens with one attached hydrogen (secondary N) is 2. The van der Waals surface area contributed by atoms with Gasteiger partial charge in [0.25, 0.3) is 0 Å².